The maximum absolute atomic E-state index is 13.4. The summed E-state index contributed by atoms with van der Waals surface area (Å²) >= 11 is 6.00. The molecule has 0 atom stereocenters. The molecule has 0 aliphatic carbocycles. The standard InChI is InChI=1S/C28H19ClF6N8O2/c1-43-22(10-23(42-43)28(33,34)35)19-7-4-15(27(30,31)32)8-21(19)41-25(44)40-17-12-38-26(39-13-17)45-18-5-2-14(3-6-18)20-9-16(29)11-37-24(20)36/h2-13H,1H3,(H2,36,37)(H2,40,41,44). The molecule has 4 N–H and O–H groups in total. The number of alkyl halides is 6. The zero-order valence-corrected chi connectivity index (χ0v) is 23.5. The lowest BCUT2D eigenvalue weighted by molar-refractivity contribution is -0.141. The molecule has 17 heteroatoms. The number of aromatic nitrogens is 5. The number of urea groups is 1. The minimum atomic E-state index is -4.80. The van der Waals surface area contributed by atoms with E-state index in [1.165, 1.54) is 25.6 Å². The molecule has 5 aromatic rings. The van der Waals surface area contributed by atoms with Gasteiger partial charge >= 0.3 is 24.4 Å². The van der Waals surface area contributed by atoms with E-state index >= 15 is 0 Å². The average molecular weight is 649 g/mol. The van der Waals surface area contributed by atoms with Gasteiger partial charge in [-0.05, 0) is 42.0 Å². The number of hydrogen-bond acceptors (Lipinski definition) is 7. The Kier molecular flexibility index (Phi) is 8.25. The van der Waals surface area contributed by atoms with Crippen molar-refractivity contribution < 1.29 is 35.9 Å². The van der Waals surface area contributed by atoms with Gasteiger partial charge in [0.2, 0.25) is 0 Å². The highest BCUT2D eigenvalue weighted by Crippen LogP contribution is 2.38. The van der Waals surface area contributed by atoms with Gasteiger partial charge in [-0.2, -0.15) is 31.4 Å². The Balaban J connectivity index is 1.30. The first-order valence-electron chi connectivity index (χ1n) is 12.6. The van der Waals surface area contributed by atoms with Crippen molar-refractivity contribution in [3.05, 3.63) is 89.5 Å². The second-order valence-electron chi connectivity index (χ2n) is 9.34. The van der Waals surface area contributed by atoms with Crippen molar-refractivity contribution in [2.24, 2.45) is 7.05 Å². The van der Waals surface area contributed by atoms with Crippen LogP contribution in [-0.2, 0) is 19.4 Å². The Morgan fingerprint density at radius 1 is 0.867 bits per heavy atom. The first kappa shape index (κ1) is 31.1. The number of nitrogens with one attached hydrogen (secondary N) is 2. The normalized spacial score (nSPS) is 11.7. The van der Waals surface area contributed by atoms with Gasteiger partial charge in [-0.1, -0.05) is 29.8 Å². The summed E-state index contributed by atoms with van der Waals surface area (Å²) in [5.41, 5.74) is 4.18. The number of pyridine rings is 1. The first-order valence-corrected chi connectivity index (χ1v) is 13.0. The predicted octanol–water partition coefficient (Wildman–Crippen LogP) is 7.65. The fourth-order valence-corrected chi connectivity index (χ4v) is 4.27. The number of nitrogens with two attached hydrogens (primary N) is 1. The number of aryl methyl sites for hydroxylation is 1. The molecule has 0 bridgehead atoms. The van der Waals surface area contributed by atoms with Crippen molar-refractivity contribution in [3.63, 3.8) is 0 Å². The molecule has 2 aromatic carbocycles. The fourth-order valence-electron chi connectivity index (χ4n) is 4.11. The molecule has 0 unspecified atom stereocenters. The van der Waals surface area contributed by atoms with Crippen LogP contribution in [0.5, 0.6) is 11.8 Å². The zero-order valence-electron chi connectivity index (χ0n) is 22.7. The van der Waals surface area contributed by atoms with E-state index in [9.17, 15) is 31.1 Å². The average Bonchev–Trinajstić information content (AvgIpc) is 3.37. The molecule has 10 nitrogen and oxygen atoms in total. The van der Waals surface area contributed by atoms with Gasteiger partial charge in [0.25, 0.3) is 0 Å². The SMILES string of the molecule is Cn1nc(C(F)(F)F)cc1-c1ccc(C(F)(F)F)cc1NC(=O)Nc1cnc(Oc2ccc(-c3cc(Cl)cnc3N)cc2)nc1. The summed E-state index contributed by atoms with van der Waals surface area (Å²) in [7, 11) is 1.19. The highest BCUT2D eigenvalue weighted by atomic mass is 35.5. The van der Waals surface area contributed by atoms with Crippen molar-refractivity contribution in [1.82, 2.24) is 24.7 Å². The van der Waals surface area contributed by atoms with Gasteiger partial charge in [0.15, 0.2) is 5.69 Å². The molecule has 0 saturated heterocycles. The van der Waals surface area contributed by atoms with Gasteiger partial charge in [-0.15, -0.1) is 0 Å². The number of benzene rings is 2. The van der Waals surface area contributed by atoms with E-state index in [0.717, 1.165) is 16.3 Å². The summed E-state index contributed by atoms with van der Waals surface area (Å²) in [6.45, 7) is 0. The van der Waals surface area contributed by atoms with Crippen LogP contribution in [0.2, 0.25) is 5.02 Å². The minimum Gasteiger partial charge on any atom is -0.424 e. The molecule has 0 aliphatic heterocycles. The van der Waals surface area contributed by atoms with Gasteiger partial charge in [0.1, 0.15) is 11.6 Å². The van der Waals surface area contributed by atoms with Crippen LogP contribution in [0.15, 0.2) is 73.2 Å². The van der Waals surface area contributed by atoms with E-state index in [-0.39, 0.29) is 23.0 Å². The molecule has 0 radical (unpaired) electrons. The highest BCUT2D eigenvalue weighted by Gasteiger charge is 2.36. The van der Waals surface area contributed by atoms with Gasteiger partial charge in [0.05, 0.1) is 40.0 Å². The quantitative estimate of drug-likeness (QED) is 0.161. The van der Waals surface area contributed by atoms with Gasteiger partial charge < -0.3 is 21.1 Å². The summed E-state index contributed by atoms with van der Waals surface area (Å²) in [6.07, 6.45) is -5.80. The number of ether oxygens (including phenoxy) is 1. The second-order valence-corrected chi connectivity index (χ2v) is 9.78. The van der Waals surface area contributed by atoms with Crippen LogP contribution in [0.4, 0.5) is 48.3 Å². The highest BCUT2D eigenvalue weighted by molar-refractivity contribution is 6.30. The maximum Gasteiger partial charge on any atom is 0.435 e. The summed E-state index contributed by atoms with van der Waals surface area (Å²) in [6, 6.07) is 10.2. The summed E-state index contributed by atoms with van der Waals surface area (Å²) in [4.78, 5) is 24.7. The van der Waals surface area contributed by atoms with Crippen LogP contribution in [0.25, 0.3) is 22.4 Å². The number of nitrogen functional groups attached to an aromatic ring is 1. The Labute approximate surface area is 254 Å². The van der Waals surface area contributed by atoms with E-state index in [0.29, 0.717) is 40.4 Å². The molecule has 3 heterocycles. The fraction of sp³-hybridized carbons (Fsp3) is 0.107. The van der Waals surface area contributed by atoms with Crippen molar-refractivity contribution in [2.45, 2.75) is 12.4 Å². The Hall–Kier alpha value is -5.38. The molecule has 5 rings (SSSR count). The molecular formula is C28H19ClF6N8O2. The number of nitrogens with zero attached hydrogens (tertiary/aromatic N) is 5. The third kappa shape index (κ3) is 7.23. The Morgan fingerprint density at radius 2 is 1.56 bits per heavy atom. The zero-order chi connectivity index (χ0) is 32.5. The number of carbonyl (C=O) groups excluding carboxylic acids is 1. The van der Waals surface area contributed by atoms with Crippen molar-refractivity contribution in [1.29, 1.82) is 0 Å². The Bertz CT molecular complexity index is 1860. The van der Waals surface area contributed by atoms with Crippen LogP contribution < -0.4 is 21.1 Å². The molecule has 3 aromatic heterocycles. The van der Waals surface area contributed by atoms with Crippen LogP contribution >= 0.6 is 11.6 Å². The summed E-state index contributed by atoms with van der Waals surface area (Å²) in [5.74, 6) is 0.659. The largest absolute Gasteiger partial charge is 0.435 e. The molecule has 0 aliphatic rings. The molecule has 232 valence electrons. The molecule has 45 heavy (non-hydrogen) atoms. The van der Waals surface area contributed by atoms with E-state index in [4.69, 9.17) is 22.1 Å². The van der Waals surface area contributed by atoms with Crippen molar-refractivity contribution in [3.8, 4) is 34.1 Å². The van der Waals surface area contributed by atoms with Gasteiger partial charge in [-0.25, -0.2) is 19.7 Å². The lowest BCUT2D eigenvalue weighted by atomic mass is 10.1. The first-order chi connectivity index (χ1) is 21.2. The molecule has 0 fully saturated rings. The number of anilines is 3. The van der Waals surface area contributed by atoms with E-state index in [1.807, 2.05) is 0 Å². The van der Waals surface area contributed by atoms with Crippen LogP contribution in [-0.4, -0.2) is 30.8 Å². The number of rotatable bonds is 6. The Morgan fingerprint density at radius 3 is 2.18 bits per heavy atom. The topological polar surface area (TPSA) is 133 Å². The summed E-state index contributed by atoms with van der Waals surface area (Å²) in [5, 5.41) is 8.40. The lowest BCUT2D eigenvalue weighted by Crippen LogP contribution is -2.21. The van der Waals surface area contributed by atoms with E-state index < -0.39 is 35.3 Å². The van der Waals surface area contributed by atoms with E-state index in [1.54, 1.807) is 30.3 Å². The third-order valence-electron chi connectivity index (χ3n) is 6.19. The monoisotopic (exact) mass is 648 g/mol. The van der Waals surface area contributed by atoms with Crippen LogP contribution in [0.3, 0.4) is 0 Å². The number of halogens is 7. The number of hydrogen-bond donors (Lipinski definition) is 3. The minimum absolute atomic E-state index is 0.0348. The molecule has 0 spiro atoms. The molecule has 2 amide bonds. The van der Waals surface area contributed by atoms with Crippen molar-refractivity contribution in [2.75, 3.05) is 16.4 Å². The lowest BCUT2D eigenvalue weighted by Gasteiger charge is -2.15. The molecular weight excluding hydrogens is 630 g/mol. The van der Waals surface area contributed by atoms with Gasteiger partial charge in [0, 0.05) is 24.4 Å². The maximum atomic E-state index is 13.4. The van der Waals surface area contributed by atoms with Crippen LogP contribution in [0, 0.1) is 0 Å². The van der Waals surface area contributed by atoms with Gasteiger partial charge in [-0.3, -0.25) is 4.68 Å². The van der Waals surface area contributed by atoms with E-state index in [2.05, 4.69) is 30.7 Å². The van der Waals surface area contributed by atoms with Crippen molar-refractivity contribution >= 4 is 34.8 Å². The molecule has 0 saturated carbocycles. The third-order valence-corrected chi connectivity index (χ3v) is 6.39. The van der Waals surface area contributed by atoms with Crippen LogP contribution in [0.1, 0.15) is 11.3 Å². The smallest absolute Gasteiger partial charge is 0.424 e. The summed E-state index contributed by atoms with van der Waals surface area (Å²) < 4.78 is 86.3. The second kappa shape index (κ2) is 12.0. The number of amides is 2. The predicted molar refractivity (Wildman–Crippen MR) is 152 cm³/mol. The number of carbonyl (C=O) groups is 1.